The van der Waals surface area contributed by atoms with Crippen LogP contribution >= 0.6 is 0 Å². The van der Waals surface area contributed by atoms with E-state index in [0.29, 0.717) is 24.0 Å². The number of nitrogens with zero attached hydrogens (tertiary/aromatic N) is 2. The Morgan fingerprint density at radius 2 is 1.46 bits per heavy atom. The van der Waals surface area contributed by atoms with Gasteiger partial charge in [-0.1, -0.05) is 66.7 Å². The van der Waals surface area contributed by atoms with E-state index < -0.39 is 6.04 Å². The molecule has 1 heterocycles. The highest BCUT2D eigenvalue weighted by Gasteiger charge is 2.35. The summed E-state index contributed by atoms with van der Waals surface area (Å²) >= 11 is 0. The molecule has 3 aromatic carbocycles. The number of hydrogen-bond donors (Lipinski definition) is 1. The molecule has 0 fully saturated rings. The predicted octanol–water partition coefficient (Wildman–Crippen LogP) is 3.76. The predicted molar refractivity (Wildman–Crippen MR) is 141 cm³/mol. The Morgan fingerprint density at radius 1 is 0.865 bits per heavy atom. The highest BCUT2D eigenvalue weighted by Crippen LogP contribution is 2.23. The molecule has 37 heavy (non-hydrogen) atoms. The van der Waals surface area contributed by atoms with Crippen molar-refractivity contribution in [1.82, 2.24) is 15.1 Å². The summed E-state index contributed by atoms with van der Waals surface area (Å²) in [6.07, 6.45) is 0.776. The molecule has 0 aromatic heterocycles. The van der Waals surface area contributed by atoms with Crippen LogP contribution in [0.1, 0.15) is 50.2 Å². The second-order valence-electron chi connectivity index (χ2n) is 9.18. The van der Waals surface area contributed by atoms with Gasteiger partial charge in [0.15, 0.2) is 0 Å². The molecule has 1 atom stereocenters. The Bertz CT molecular complexity index is 1270. The Morgan fingerprint density at radius 3 is 2.08 bits per heavy atom. The molecule has 0 radical (unpaired) electrons. The minimum atomic E-state index is -0.709. The van der Waals surface area contributed by atoms with Crippen LogP contribution in [0.4, 0.5) is 0 Å². The lowest BCUT2D eigenvalue weighted by atomic mass is 10.0. The van der Waals surface area contributed by atoms with Gasteiger partial charge in [-0.05, 0) is 42.2 Å². The summed E-state index contributed by atoms with van der Waals surface area (Å²) in [5, 5.41) is 2.71. The lowest BCUT2D eigenvalue weighted by molar-refractivity contribution is -0.141. The molecule has 1 aliphatic rings. The second-order valence-corrected chi connectivity index (χ2v) is 9.18. The fraction of sp³-hybridized carbons (Fsp3) is 0.267. The Labute approximate surface area is 217 Å². The third-order valence-corrected chi connectivity index (χ3v) is 6.77. The van der Waals surface area contributed by atoms with Crippen molar-refractivity contribution in [2.24, 2.45) is 0 Å². The van der Waals surface area contributed by atoms with E-state index in [2.05, 4.69) is 5.32 Å². The summed E-state index contributed by atoms with van der Waals surface area (Å²) in [7, 11) is 1.57. The van der Waals surface area contributed by atoms with Crippen molar-refractivity contribution in [3.63, 3.8) is 0 Å². The molecule has 3 aromatic rings. The highest BCUT2D eigenvalue weighted by molar-refractivity contribution is 6.21. The average Bonchev–Trinajstić information content (AvgIpc) is 3.16. The van der Waals surface area contributed by atoms with E-state index in [9.17, 15) is 19.2 Å². The fourth-order valence-electron chi connectivity index (χ4n) is 4.67. The van der Waals surface area contributed by atoms with E-state index in [0.717, 1.165) is 16.7 Å². The molecule has 0 bridgehead atoms. The van der Waals surface area contributed by atoms with Crippen LogP contribution in [0, 0.1) is 6.92 Å². The second kappa shape index (κ2) is 11.6. The summed E-state index contributed by atoms with van der Waals surface area (Å²) in [4.78, 5) is 54.9. The zero-order chi connectivity index (χ0) is 26.4. The number of fused-ring (bicyclic) bond motifs is 1. The molecule has 4 rings (SSSR count). The summed E-state index contributed by atoms with van der Waals surface area (Å²) in [5.74, 6) is -1.12. The zero-order valence-corrected chi connectivity index (χ0v) is 21.1. The standard InChI is InChI=1S/C30H31N3O4/c1-21-11-6-7-14-23(21)20-33(26(28(35)31-2)19-22-12-4-3-5-13-22)27(34)17-10-18-32-29(36)24-15-8-9-16-25(24)30(32)37/h3-9,11-16,26H,10,17-20H2,1-2H3,(H,31,35)/t26-/m0/s1. The molecule has 0 aliphatic carbocycles. The molecule has 190 valence electrons. The monoisotopic (exact) mass is 497 g/mol. The van der Waals surface area contributed by atoms with Gasteiger partial charge >= 0.3 is 0 Å². The first-order chi connectivity index (χ1) is 17.9. The maximum atomic E-state index is 13.6. The molecule has 0 saturated heterocycles. The maximum Gasteiger partial charge on any atom is 0.261 e. The molecular formula is C30H31N3O4. The molecule has 1 aliphatic heterocycles. The number of benzene rings is 3. The quantitative estimate of drug-likeness (QED) is 0.432. The zero-order valence-electron chi connectivity index (χ0n) is 21.1. The first kappa shape index (κ1) is 25.8. The van der Waals surface area contributed by atoms with Gasteiger partial charge in [-0.2, -0.15) is 0 Å². The topological polar surface area (TPSA) is 86.8 Å². The molecular weight excluding hydrogens is 466 g/mol. The van der Waals surface area contributed by atoms with Crippen molar-refractivity contribution in [3.8, 4) is 0 Å². The average molecular weight is 498 g/mol. The third-order valence-electron chi connectivity index (χ3n) is 6.77. The Kier molecular flexibility index (Phi) is 8.13. The van der Waals surface area contributed by atoms with Gasteiger partial charge < -0.3 is 10.2 Å². The van der Waals surface area contributed by atoms with E-state index in [1.807, 2.05) is 61.5 Å². The SMILES string of the molecule is CNC(=O)[C@H](Cc1ccccc1)N(Cc1ccccc1C)C(=O)CCCN1C(=O)c2ccccc2C1=O. The minimum absolute atomic E-state index is 0.0988. The van der Waals surface area contributed by atoms with Gasteiger partial charge in [0, 0.05) is 33.0 Å². The van der Waals surface area contributed by atoms with Crippen molar-refractivity contribution < 1.29 is 19.2 Å². The number of nitrogens with one attached hydrogen (secondary N) is 1. The number of carbonyl (C=O) groups excluding carboxylic acids is 4. The Hall–Kier alpha value is -4.26. The van der Waals surface area contributed by atoms with Crippen LogP contribution in [0.2, 0.25) is 0 Å². The van der Waals surface area contributed by atoms with Crippen LogP contribution < -0.4 is 5.32 Å². The summed E-state index contributed by atoms with van der Waals surface area (Å²) in [5.41, 5.74) is 3.72. The van der Waals surface area contributed by atoms with Crippen LogP contribution in [-0.2, 0) is 22.6 Å². The van der Waals surface area contributed by atoms with E-state index >= 15 is 0 Å². The third kappa shape index (κ3) is 5.77. The molecule has 1 N–H and O–H groups in total. The number of likely N-dealkylation sites (N-methyl/N-ethyl adjacent to an activating group) is 1. The van der Waals surface area contributed by atoms with Gasteiger partial charge in [-0.15, -0.1) is 0 Å². The minimum Gasteiger partial charge on any atom is -0.357 e. The van der Waals surface area contributed by atoms with Gasteiger partial charge in [-0.3, -0.25) is 24.1 Å². The van der Waals surface area contributed by atoms with Gasteiger partial charge in [0.25, 0.3) is 11.8 Å². The van der Waals surface area contributed by atoms with Gasteiger partial charge in [0.05, 0.1) is 11.1 Å². The number of amides is 4. The fourth-order valence-corrected chi connectivity index (χ4v) is 4.67. The largest absolute Gasteiger partial charge is 0.357 e. The number of hydrogen-bond acceptors (Lipinski definition) is 4. The number of imide groups is 1. The number of rotatable bonds is 10. The molecule has 4 amide bonds. The van der Waals surface area contributed by atoms with Gasteiger partial charge in [0.2, 0.25) is 11.8 Å². The maximum absolute atomic E-state index is 13.6. The van der Waals surface area contributed by atoms with E-state index in [1.54, 1.807) is 36.2 Å². The van der Waals surface area contributed by atoms with Crippen LogP contribution in [0.5, 0.6) is 0 Å². The molecule has 7 heteroatoms. The van der Waals surface area contributed by atoms with E-state index in [4.69, 9.17) is 0 Å². The first-order valence-electron chi connectivity index (χ1n) is 12.5. The van der Waals surface area contributed by atoms with Crippen molar-refractivity contribution in [2.75, 3.05) is 13.6 Å². The normalized spacial score (nSPS) is 13.3. The van der Waals surface area contributed by atoms with Gasteiger partial charge in [-0.25, -0.2) is 0 Å². The lowest BCUT2D eigenvalue weighted by Gasteiger charge is -2.32. The summed E-state index contributed by atoms with van der Waals surface area (Å²) in [6.45, 7) is 2.40. The molecule has 0 saturated carbocycles. The highest BCUT2D eigenvalue weighted by atomic mass is 16.2. The number of carbonyl (C=O) groups is 4. The van der Waals surface area contributed by atoms with Crippen LogP contribution in [0.3, 0.4) is 0 Å². The molecule has 0 spiro atoms. The Balaban J connectivity index is 1.52. The van der Waals surface area contributed by atoms with Crippen molar-refractivity contribution >= 4 is 23.6 Å². The number of aryl methyl sites for hydroxylation is 1. The van der Waals surface area contributed by atoms with E-state index in [-0.39, 0.29) is 43.1 Å². The van der Waals surface area contributed by atoms with Crippen molar-refractivity contribution in [1.29, 1.82) is 0 Å². The molecule has 0 unspecified atom stereocenters. The van der Waals surface area contributed by atoms with E-state index in [1.165, 1.54) is 4.90 Å². The lowest BCUT2D eigenvalue weighted by Crippen LogP contribution is -2.50. The molecule has 7 nitrogen and oxygen atoms in total. The van der Waals surface area contributed by atoms with Crippen LogP contribution in [-0.4, -0.2) is 53.1 Å². The van der Waals surface area contributed by atoms with Crippen molar-refractivity contribution in [2.45, 2.75) is 38.8 Å². The van der Waals surface area contributed by atoms with Gasteiger partial charge in [0.1, 0.15) is 6.04 Å². The smallest absolute Gasteiger partial charge is 0.261 e. The van der Waals surface area contributed by atoms with Crippen LogP contribution in [0.15, 0.2) is 78.9 Å². The summed E-state index contributed by atoms with van der Waals surface area (Å²) in [6, 6.07) is 23.4. The van der Waals surface area contributed by atoms with Crippen LogP contribution in [0.25, 0.3) is 0 Å². The first-order valence-corrected chi connectivity index (χ1v) is 12.5. The summed E-state index contributed by atoms with van der Waals surface area (Å²) < 4.78 is 0. The van der Waals surface area contributed by atoms with Crippen molar-refractivity contribution in [3.05, 3.63) is 107 Å².